The second kappa shape index (κ2) is 7.84. The number of nitrogens with one attached hydrogen (secondary N) is 2. The minimum atomic E-state index is -0.276. The summed E-state index contributed by atoms with van der Waals surface area (Å²) < 4.78 is 20.7. The van der Waals surface area contributed by atoms with Crippen LogP contribution in [0.25, 0.3) is 22.2 Å². The molecule has 0 amide bonds. The molecule has 1 aliphatic carbocycles. The summed E-state index contributed by atoms with van der Waals surface area (Å²) in [5.41, 5.74) is 5.95. The van der Waals surface area contributed by atoms with Gasteiger partial charge in [-0.1, -0.05) is 0 Å². The predicted molar refractivity (Wildman–Crippen MR) is 132 cm³/mol. The van der Waals surface area contributed by atoms with Crippen LogP contribution in [0.5, 0.6) is 11.8 Å². The van der Waals surface area contributed by atoms with E-state index in [1.54, 1.807) is 18.5 Å². The van der Waals surface area contributed by atoms with Gasteiger partial charge in [0.1, 0.15) is 11.6 Å². The van der Waals surface area contributed by atoms with Crippen LogP contribution in [0, 0.1) is 11.7 Å². The van der Waals surface area contributed by atoms with Crippen molar-refractivity contribution in [2.45, 2.75) is 18.9 Å². The Kier molecular flexibility index (Phi) is 4.60. The second-order valence-corrected chi connectivity index (χ2v) is 9.39. The van der Waals surface area contributed by atoms with E-state index >= 15 is 0 Å². The summed E-state index contributed by atoms with van der Waals surface area (Å²) in [6.07, 6.45) is 5.13. The molecule has 2 N–H and O–H groups in total. The van der Waals surface area contributed by atoms with E-state index < -0.39 is 0 Å². The Morgan fingerprint density at radius 3 is 2.97 bits per heavy atom. The number of rotatable bonds is 4. The molecule has 2 atom stereocenters. The van der Waals surface area contributed by atoms with Crippen LogP contribution >= 0.6 is 0 Å². The molecule has 3 aromatic heterocycles. The lowest BCUT2D eigenvalue weighted by Crippen LogP contribution is -2.30. The van der Waals surface area contributed by atoms with Gasteiger partial charge in [0.05, 0.1) is 22.9 Å². The van der Waals surface area contributed by atoms with E-state index in [2.05, 4.69) is 25.5 Å². The second-order valence-electron chi connectivity index (χ2n) is 9.39. The van der Waals surface area contributed by atoms with Gasteiger partial charge in [0, 0.05) is 56.1 Å². The lowest BCUT2D eigenvalue weighted by atomic mass is 10.0. The number of anilines is 2. The lowest BCUT2D eigenvalue weighted by molar-refractivity contribution is 0.439. The van der Waals surface area contributed by atoms with Crippen molar-refractivity contribution in [2.24, 2.45) is 5.92 Å². The van der Waals surface area contributed by atoms with E-state index in [1.165, 1.54) is 6.07 Å². The highest BCUT2D eigenvalue weighted by molar-refractivity contribution is 5.88. The van der Waals surface area contributed by atoms with Crippen molar-refractivity contribution in [1.29, 1.82) is 0 Å². The number of benzene rings is 1. The summed E-state index contributed by atoms with van der Waals surface area (Å²) in [5.74, 6) is 1.64. The summed E-state index contributed by atoms with van der Waals surface area (Å²) in [5, 5.41) is 6.74. The topological polar surface area (TPSA) is 88.1 Å². The van der Waals surface area contributed by atoms with Crippen LogP contribution in [0.4, 0.5) is 15.9 Å². The van der Waals surface area contributed by atoms with Crippen LogP contribution in [0.1, 0.15) is 17.7 Å². The van der Waals surface area contributed by atoms with E-state index in [4.69, 9.17) is 14.7 Å². The maximum atomic E-state index is 14.6. The first-order chi connectivity index (χ1) is 17.2. The first-order valence-corrected chi connectivity index (χ1v) is 11.9. The third kappa shape index (κ3) is 3.37. The highest BCUT2D eigenvalue weighted by atomic mass is 19.1. The van der Waals surface area contributed by atoms with Crippen molar-refractivity contribution in [2.75, 3.05) is 36.9 Å². The van der Waals surface area contributed by atoms with Crippen molar-refractivity contribution in [3.05, 3.63) is 59.8 Å². The molecule has 35 heavy (non-hydrogen) atoms. The van der Waals surface area contributed by atoms with Crippen molar-refractivity contribution in [3.63, 3.8) is 0 Å². The molecule has 1 unspecified atom stereocenters. The third-order valence-corrected chi connectivity index (χ3v) is 7.34. The van der Waals surface area contributed by atoms with E-state index in [1.807, 2.05) is 25.2 Å². The molecule has 1 aromatic carbocycles. The van der Waals surface area contributed by atoms with Gasteiger partial charge in [-0.25, -0.2) is 4.39 Å². The van der Waals surface area contributed by atoms with E-state index in [0.717, 1.165) is 71.0 Å². The van der Waals surface area contributed by atoms with Crippen LogP contribution in [0.3, 0.4) is 0 Å². The largest absolute Gasteiger partial charge is 0.423 e. The van der Waals surface area contributed by atoms with Crippen LogP contribution < -0.4 is 20.3 Å². The van der Waals surface area contributed by atoms with Crippen LogP contribution in [-0.2, 0) is 6.42 Å². The number of halogens is 1. The molecule has 0 bridgehead atoms. The summed E-state index contributed by atoms with van der Waals surface area (Å²) in [6.45, 7) is 2.83. The monoisotopic (exact) mass is 469 g/mol. The van der Waals surface area contributed by atoms with Gasteiger partial charge in [0.15, 0.2) is 5.75 Å². The Morgan fingerprint density at radius 2 is 2.09 bits per heavy atom. The molecule has 8 nitrogen and oxygen atoms in total. The molecule has 2 fully saturated rings. The van der Waals surface area contributed by atoms with Crippen LogP contribution in [-0.4, -0.2) is 52.7 Å². The van der Waals surface area contributed by atoms with E-state index in [9.17, 15) is 4.39 Å². The molecule has 4 aromatic rings. The fourth-order valence-corrected chi connectivity index (χ4v) is 5.71. The molecule has 2 saturated heterocycles. The smallest absolute Gasteiger partial charge is 0.324 e. The normalized spacial score (nSPS) is 20.1. The van der Waals surface area contributed by atoms with Gasteiger partial charge in [0.25, 0.3) is 0 Å². The molecule has 0 saturated carbocycles. The van der Waals surface area contributed by atoms with Crippen LogP contribution in [0.2, 0.25) is 0 Å². The molecule has 0 radical (unpaired) electrons. The zero-order valence-electron chi connectivity index (χ0n) is 19.3. The minimum absolute atomic E-state index is 0.264. The molecule has 3 aliphatic rings. The quantitative estimate of drug-likeness (QED) is 0.411. The number of hydrogen-bond acceptors (Lipinski definition) is 8. The molecular formula is C26H24FN7O. The molecule has 9 heteroatoms. The standard InChI is InChI=1S/C26H24FN7O/c1-28-20-8-15(27)7-18-17(20)10-22-24(18)25(34-12-14-4-6-30-23(14)13-34)33-26(32-22)35-16-9-21-19(31-11-16)3-2-5-29-21/h2-3,5,7-9,11,14,23,28,30H,4,6,10,12-13H2,1H3/t14?,23-/m0/s1. The Bertz CT molecular complexity index is 1460. The van der Waals surface area contributed by atoms with Crippen molar-refractivity contribution in [1.82, 2.24) is 25.3 Å². The summed E-state index contributed by atoms with van der Waals surface area (Å²) in [4.78, 5) is 20.8. The minimum Gasteiger partial charge on any atom is -0.423 e. The van der Waals surface area contributed by atoms with Gasteiger partial charge < -0.3 is 20.3 Å². The average Bonchev–Trinajstić information content (AvgIpc) is 3.56. The third-order valence-electron chi connectivity index (χ3n) is 7.34. The highest BCUT2D eigenvalue weighted by Gasteiger charge is 2.39. The van der Waals surface area contributed by atoms with Gasteiger partial charge in [0.2, 0.25) is 0 Å². The average molecular weight is 470 g/mol. The molecule has 0 spiro atoms. The molecule has 176 valence electrons. The van der Waals surface area contributed by atoms with Crippen LogP contribution in [0.15, 0.2) is 42.7 Å². The van der Waals surface area contributed by atoms with E-state index in [0.29, 0.717) is 24.1 Å². The van der Waals surface area contributed by atoms with Crippen molar-refractivity contribution >= 4 is 22.5 Å². The summed E-state index contributed by atoms with van der Waals surface area (Å²) in [7, 11) is 1.81. The van der Waals surface area contributed by atoms with Crippen molar-refractivity contribution in [3.8, 4) is 22.9 Å². The fourth-order valence-electron chi connectivity index (χ4n) is 5.71. The molecule has 5 heterocycles. The summed E-state index contributed by atoms with van der Waals surface area (Å²) >= 11 is 0. The van der Waals surface area contributed by atoms with Crippen molar-refractivity contribution < 1.29 is 9.13 Å². The number of ether oxygens (including phenoxy) is 1. The number of nitrogens with zero attached hydrogens (tertiary/aromatic N) is 5. The van der Waals surface area contributed by atoms with E-state index in [-0.39, 0.29) is 11.8 Å². The first-order valence-electron chi connectivity index (χ1n) is 11.9. The van der Waals surface area contributed by atoms with Gasteiger partial charge in [-0.3, -0.25) is 9.97 Å². The number of pyridine rings is 2. The number of hydrogen-bond donors (Lipinski definition) is 2. The SMILES string of the molecule is CNc1cc(F)cc2c1Cc1nc(Oc3cnc4cccnc4c3)nc(N3CC4CCN[C@H]4C3)c1-2. The number of fused-ring (bicyclic) bond motifs is 5. The Morgan fingerprint density at radius 1 is 1.14 bits per heavy atom. The highest BCUT2D eigenvalue weighted by Crippen LogP contribution is 2.46. The van der Waals surface area contributed by atoms with Gasteiger partial charge in [-0.15, -0.1) is 0 Å². The molecule has 7 rings (SSSR count). The van der Waals surface area contributed by atoms with Gasteiger partial charge in [-0.05, 0) is 54.3 Å². The Hall–Kier alpha value is -3.85. The fraction of sp³-hybridized carbons (Fsp3) is 0.308. The number of aromatic nitrogens is 4. The maximum absolute atomic E-state index is 14.6. The Labute approximate surface area is 201 Å². The summed E-state index contributed by atoms with van der Waals surface area (Å²) in [6, 6.07) is 9.45. The maximum Gasteiger partial charge on any atom is 0.324 e. The lowest BCUT2D eigenvalue weighted by Gasteiger charge is -2.22. The van der Waals surface area contributed by atoms with Gasteiger partial charge >= 0.3 is 6.01 Å². The zero-order chi connectivity index (χ0) is 23.5. The van der Waals surface area contributed by atoms with Gasteiger partial charge in [-0.2, -0.15) is 9.97 Å². The Balaban J connectivity index is 1.33. The first kappa shape index (κ1) is 20.5. The molecule has 2 aliphatic heterocycles. The molecular weight excluding hydrogens is 445 g/mol. The predicted octanol–water partition coefficient (Wildman–Crippen LogP) is 3.76. The zero-order valence-corrected chi connectivity index (χ0v) is 19.3.